The van der Waals surface area contributed by atoms with Crippen molar-refractivity contribution in [2.75, 3.05) is 5.73 Å². The van der Waals surface area contributed by atoms with Gasteiger partial charge in [-0.25, -0.2) is 9.37 Å². The van der Waals surface area contributed by atoms with Crippen LogP contribution in [0.3, 0.4) is 0 Å². The van der Waals surface area contributed by atoms with Gasteiger partial charge in [-0.1, -0.05) is 32.6 Å². The number of nitrogens with two attached hydrogens (primary N) is 1. The van der Waals surface area contributed by atoms with Gasteiger partial charge in [-0.15, -0.1) is 0 Å². The van der Waals surface area contributed by atoms with Crippen molar-refractivity contribution in [1.82, 2.24) is 9.55 Å². The molecule has 0 aliphatic rings. The van der Waals surface area contributed by atoms with Crippen LogP contribution in [0.25, 0.3) is 11.0 Å². The van der Waals surface area contributed by atoms with Crippen LogP contribution in [0.4, 0.5) is 10.3 Å². The van der Waals surface area contributed by atoms with E-state index in [0.29, 0.717) is 17.5 Å². The standard InChI is InChI=1S/C15H22FN3/c1-3-4-5-6-7-11(2)19-14-9-8-12(16)10-13(14)18-15(19)17/h8-11H,3-7H2,1-2H3,(H2,17,18). The molecule has 1 heterocycles. The molecule has 0 spiro atoms. The Morgan fingerprint density at radius 3 is 2.84 bits per heavy atom. The number of anilines is 1. The quantitative estimate of drug-likeness (QED) is 0.790. The number of nitrogen functional groups attached to an aromatic ring is 1. The van der Waals surface area contributed by atoms with E-state index in [0.717, 1.165) is 11.9 Å². The molecule has 2 N–H and O–H groups in total. The molecule has 104 valence electrons. The summed E-state index contributed by atoms with van der Waals surface area (Å²) in [4.78, 5) is 4.24. The Morgan fingerprint density at radius 2 is 2.11 bits per heavy atom. The summed E-state index contributed by atoms with van der Waals surface area (Å²) in [6, 6.07) is 4.96. The Labute approximate surface area is 113 Å². The number of rotatable bonds is 6. The number of unbranched alkanes of at least 4 members (excludes halogenated alkanes) is 3. The van der Waals surface area contributed by atoms with Gasteiger partial charge in [-0.3, -0.25) is 0 Å². The van der Waals surface area contributed by atoms with Crippen molar-refractivity contribution in [2.24, 2.45) is 0 Å². The molecule has 0 amide bonds. The number of benzene rings is 1. The number of nitrogens with zero attached hydrogens (tertiary/aromatic N) is 2. The molecule has 1 aromatic carbocycles. The summed E-state index contributed by atoms with van der Waals surface area (Å²) >= 11 is 0. The first-order chi connectivity index (χ1) is 9.13. The van der Waals surface area contributed by atoms with Gasteiger partial charge in [0.1, 0.15) is 5.82 Å². The molecule has 1 unspecified atom stereocenters. The van der Waals surface area contributed by atoms with Crippen molar-refractivity contribution in [1.29, 1.82) is 0 Å². The molecule has 2 rings (SSSR count). The Balaban J connectivity index is 2.16. The van der Waals surface area contributed by atoms with Crippen LogP contribution in [-0.2, 0) is 0 Å². The van der Waals surface area contributed by atoms with Crippen LogP contribution in [0, 0.1) is 5.82 Å². The van der Waals surface area contributed by atoms with Gasteiger partial charge < -0.3 is 10.3 Å². The molecule has 0 radical (unpaired) electrons. The zero-order chi connectivity index (χ0) is 13.8. The minimum atomic E-state index is -0.271. The lowest BCUT2D eigenvalue weighted by atomic mass is 10.1. The lowest BCUT2D eigenvalue weighted by Crippen LogP contribution is -2.08. The Morgan fingerprint density at radius 1 is 1.32 bits per heavy atom. The molecule has 3 nitrogen and oxygen atoms in total. The monoisotopic (exact) mass is 263 g/mol. The fourth-order valence-electron chi connectivity index (χ4n) is 2.55. The van der Waals surface area contributed by atoms with Crippen LogP contribution in [0.15, 0.2) is 18.2 Å². The maximum Gasteiger partial charge on any atom is 0.201 e. The first-order valence-electron chi connectivity index (χ1n) is 7.06. The van der Waals surface area contributed by atoms with Crippen LogP contribution in [-0.4, -0.2) is 9.55 Å². The summed E-state index contributed by atoms with van der Waals surface area (Å²) < 4.78 is 15.2. The van der Waals surface area contributed by atoms with Crippen LogP contribution in [0.5, 0.6) is 0 Å². The van der Waals surface area contributed by atoms with Crippen molar-refractivity contribution >= 4 is 17.0 Å². The molecular formula is C15H22FN3. The predicted molar refractivity (Wildman–Crippen MR) is 77.6 cm³/mol. The zero-order valence-electron chi connectivity index (χ0n) is 11.7. The van der Waals surface area contributed by atoms with Crippen molar-refractivity contribution < 1.29 is 4.39 Å². The summed E-state index contributed by atoms with van der Waals surface area (Å²) in [5.41, 5.74) is 7.52. The molecule has 1 aromatic heterocycles. The van der Waals surface area contributed by atoms with Crippen LogP contribution < -0.4 is 5.73 Å². The van der Waals surface area contributed by atoms with E-state index in [1.165, 1.54) is 37.8 Å². The van der Waals surface area contributed by atoms with Gasteiger partial charge in [-0.2, -0.15) is 0 Å². The van der Waals surface area contributed by atoms with E-state index in [1.54, 1.807) is 6.07 Å². The molecular weight excluding hydrogens is 241 g/mol. The van der Waals surface area contributed by atoms with Gasteiger partial charge in [0.05, 0.1) is 11.0 Å². The highest BCUT2D eigenvalue weighted by Gasteiger charge is 2.14. The topological polar surface area (TPSA) is 43.8 Å². The van der Waals surface area contributed by atoms with Crippen molar-refractivity contribution in [3.05, 3.63) is 24.0 Å². The van der Waals surface area contributed by atoms with E-state index in [2.05, 4.69) is 18.8 Å². The fourth-order valence-corrected chi connectivity index (χ4v) is 2.55. The van der Waals surface area contributed by atoms with Gasteiger partial charge in [-0.05, 0) is 25.5 Å². The lowest BCUT2D eigenvalue weighted by Gasteiger charge is -2.15. The second-order valence-corrected chi connectivity index (χ2v) is 5.17. The first-order valence-corrected chi connectivity index (χ1v) is 7.06. The largest absolute Gasteiger partial charge is 0.369 e. The molecule has 19 heavy (non-hydrogen) atoms. The average Bonchev–Trinajstić information content (AvgIpc) is 2.69. The van der Waals surface area contributed by atoms with Crippen molar-refractivity contribution in [2.45, 2.75) is 52.0 Å². The highest BCUT2D eigenvalue weighted by molar-refractivity contribution is 5.78. The van der Waals surface area contributed by atoms with Gasteiger partial charge in [0, 0.05) is 12.1 Å². The number of hydrogen-bond acceptors (Lipinski definition) is 2. The molecule has 0 aliphatic carbocycles. The van der Waals surface area contributed by atoms with Crippen LogP contribution >= 0.6 is 0 Å². The summed E-state index contributed by atoms with van der Waals surface area (Å²) in [5.74, 6) is 0.205. The Bertz CT molecular complexity index is 548. The minimum Gasteiger partial charge on any atom is -0.369 e. The van der Waals surface area contributed by atoms with E-state index in [4.69, 9.17) is 5.73 Å². The van der Waals surface area contributed by atoms with E-state index in [9.17, 15) is 4.39 Å². The van der Waals surface area contributed by atoms with E-state index in [1.807, 2.05) is 4.57 Å². The number of fused-ring (bicyclic) bond motifs is 1. The van der Waals surface area contributed by atoms with Gasteiger partial charge in [0.25, 0.3) is 0 Å². The second-order valence-electron chi connectivity index (χ2n) is 5.17. The van der Waals surface area contributed by atoms with Gasteiger partial charge in [0.2, 0.25) is 5.95 Å². The number of hydrogen-bond donors (Lipinski definition) is 1. The second kappa shape index (κ2) is 6.04. The molecule has 2 aromatic rings. The van der Waals surface area contributed by atoms with Crippen molar-refractivity contribution in [3.8, 4) is 0 Å². The zero-order valence-corrected chi connectivity index (χ0v) is 11.7. The normalized spacial score (nSPS) is 13.0. The molecule has 0 fully saturated rings. The molecule has 0 saturated carbocycles. The molecule has 1 atom stereocenters. The third kappa shape index (κ3) is 3.06. The molecule has 0 aliphatic heterocycles. The predicted octanol–water partition coefficient (Wildman–Crippen LogP) is 4.29. The summed E-state index contributed by atoms with van der Waals surface area (Å²) in [5, 5.41) is 0. The Kier molecular flexibility index (Phi) is 4.40. The highest BCUT2D eigenvalue weighted by atomic mass is 19.1. The van der Waals surface area contributed by atoms with Crippen LogP contribution in [0.1, 0.15) is 52.0 Å². The average molecular weight is 263 g/mol. The van der Waals surface area contributed by atoms with Gasteiger partial charge in [0.15, 0.2) is 0 Å². The van der Waals surface area contributed by atoms with E-state index < -0.39 is 0 Å². The van der Waals surface area contributed by atoms with E-state index >= 15 is 0 Å². The number of aromatic nitrogens is 2. The smallest absolute Gasteiger partial charge is 0.201 e. The highest BCUT2D eigenvalue weighted by Crippen LogP contribution is 2.26. The molecule has 0 saturated heterocycles. The third-order valence-electron chi connectivity index (χ3n) is 3.60. The number of halogens is 1. The van der Waals surface area contributed by atoms with E-state index in [-0.39, 0.29) is 5.82 Å². The SMILES string of the molecule is CCCCCCC(C)n1c(N)nc2cc(F)ccc21. The van der Waals surface area contributed by atoms with Crippen LogP contribution in [0.2, 0.25) is 0 Å². The first kappa shape index (κ1) is 13.8. The summed E-state index contributed by atoms with van der Waals surface area (Å²) in [6.45, 7) is 4.35. The Hall–Kier alpha value is -1.58. The fraction of sp³-hybridized carbons (Fsp3) is 0.533. The summed E-state index contributed by atoms with van der Waals surface area (Å²) in [6.07, 6.45) is 6.03. The third-order valence-corrected chi connectivity index (χ3v) is 3.60. The molecule has 0 bridgehead atoms. The summed E-state index contributed by atoms with van der Waals surface area (Å²) in [7, 11) is 0. The maximum atomic E-state index is 13.2. The van der Waals surface area contributed by atoms with Crippen molar-refractivity contribution in [3.63, 3.8) is 0 Å². The molecule has 4 heteroatoms. The van der Waals surface area contributed by atoms with Gasteiger partial charge >= 0.3 is 0 Å². The minimum absolute atomic E-state index is 0.271. The maximum absolute atomic E-state index is 13.2. The number of imidazole rings is 1. The lowest BCUT2D eigenvalue weighted by molar-refractivity contribution is 0.486.